The third-order valence-corrected chi connectivity index (χ3v) is 7.13. The molecule has 0 spiro atoms. The SMILES string of the molecule is NC(=O)c1nn(-c2ccc(S(N)(=O)=O)cc2)c2c1CCc1ccc(NC(=O)c3cccnc3Cl)cc1-2. The number of rotatable bonds is 5. The van der Waals surface area contributed by atoms with E-state index in [-0.39, 0.29) is 21.3 Å². The molecule has 5 rings (SSSR count). The average molecular weight is 523 g/mol. The topological polar surface area (TPSA) is 163 Å². The Morgan fingerprint density at radius 2 is 1.81 bits per heavy atom. The highest BCUT2D eigenvalue weighted by Gasteiger charge is 2.28. The number of hydrogen-bond acceptors (Lipinski definition) is 6. The van der Waals surface area contributed by atoms with Crippen molar-refractivity contribution in [3.8, 4) is 16.9 Å². The van der Waals surface area contributed by atoms with Crippen LogP contribution in [0.2, 0.25) is 5.15 Å². The summed E-state index contributed by atoms with van der Waals surface area (Å²) < 4.78 is 24.9. The molecule has 1 aliphatic rings. The van der Waals surface area contributed by atoms with Crippen LogP contribution in [-0.4, -0.2) is 35.0 Å². The van der Waals surface area contributed by atoms with Crippen LogP contribution in [0, 0.1) is 0 Å². The first-order valence-corrected chi connectivity index (χ1v) is 12.7. The third kappa shape index (κ3) is 4.24. The number of aromatic nitrogens is 3. The number of halogens is 1. The molecule has 2 aromatic heterocycles. The minimum Gasteiger partial charge on any atom is -0.364 e. The number of carbonyl (C=O) groups excluding carboxylic acids is 2. The Bertz CT molecular complexity index is 1650. The number of primary amides is 1. The standard InChI is InChI=1S/C24H19ClN6O4S/c25-22-18(2-1-11-28-22)24(33)29-14-5-3-13-4-10-17-20(23(26)32)30-31(21(17)19(13)12-14)15-6-8-16(9-7-15)36(27,34)35/h1-3,5-9,11-12H,4,10H2,(H2,26,32)(H,29,33)(H2,27,34,35). The molecule has 0 aliphatic heterocycles. The summed E-state index contributed by atoms with van der Waals surface area (Å²) in [7, 11) is -3.88. The van der Waals surface area contributed by atoms with Crippen molar-refractivity contribution in [2.45, 2.75) is 17.7 Å². The van der Waals surface area contributed by atoms with E-state index in [1.807, 2.05) is 6.07 Å². The summed E-state index contributed by atoms with van der Waals surface area (Å²) in [6.45, 7) is 0. The fraction of sp³-hybridized carbons (Fsp3) is 0.0833. The highest BCUT2D eigenvalue weighted by Crippen LogP contribution is 2.38. The van der Waals surface area contributed by atoms with Crippen molar-refractivity contribution in [1.29, 1.82) is 0 Å². The van der Waals surface area contributed by atoms with Crippen LogP contribution >= 0.6 is 11.6 Å². The highest BCUT2D eigenvalue weighted by atomic mass is 35.5. The number of benzene rings is 2. The van der Waals surface area contributed by atoms with Gasteiger partial charge in [-0.1, -0.05) is 17.7 Å². The van der Waals surface area contributed by atoms with Gasteiger partial charge in [-0.25, -0.2) is 23.2 Å². The zero-order valence-electron chi connectivity index (χ0n) is 18.6. The summed E-state index contributed by atoms with van der Waals surface area (Å²) in [6.07, 6.45) is 2.67. The summed E-state index contributed by atoms with van der Waals surface area (Å²) in [5.74, 6) is -1.10. The molecule has 12 heteroatoms. The van der Waals surface area contributed by atoms with Gasteiger partial charge < -0.3 is 11.1 Å². The zero-order valence-corrected chi connectivity index (χ0v) is 20.2. The van der Waals surface area contributed by atoms with Crippen LogP contribution in [0.4, 0.5) is 5.69 Å². The van der Waals surface area contributed by atoms with E-state index >= 15 is 0 Å². The Morgan fingerprint density at radius 1 is 1.06 bits per heavy atom. The Kier molecular flexibility index (Phi) is 5.83. The lowest BCUT2D eigenvalue weighted by Gasteiger charge is -2.20. The van der Waals surface area contributed by atoms with Crippen molar-refractivity contribution in [3.63, 3.8) is 0 Å². The molecule has 2 aromatic carbocycles. The molecule has 10 nitrogen and oxygen atoms in total. The molecule has 1 aliphatic carbocycles. The van der Waals surface area contributed by atoms with Crippen molar-refractivity contribution in [1.82, 2.24) is 14.8 Å². The first-order valence-electron chi connectivity index (χ1n) is 10.7. The van der Waals surface area contributed by atoms with Crippen molar-refractivity contribution in [2.24, 2.45) is 10.9 Å². The molecule has 0 radical (unpaired) electrons. The second-order valence-corrected chi connectivity index (χ2v) is 10.1. The molecule has 0 unspecified atom stereocenters. The number of anilines is 1. The van der Waals surface area contributed by atoms with E-state index in [0.717, 1.165) is 11.1 Å². The van der Waals surface area contributed by atoms with E-state index in [9.17, 15) is 18.0 Å². The monoisotopic (exact) mass is 522 g/mol. The molecule has 36 heavy (non-hydrogen) atoms. The quantitative estimate of drug-likeness (QED) is 0.341. The van der Waals surface area contributed by atoms with Crippen LogP contribution < -0.4 is 16.2 Å². The Balaban J connectivity index is 1.61. The molecule has 0 saturated heterocycles. The van der Waals surface area contributed by atoms with Gasteiger partial charge in [0.15, 0.2) is 5.69 Å². The molecule has 0 atom stereocenters. The van der Waals surface area contributed by atoms with E-state index < -0.39 is 21.8 Å². The van der Waals surface area contributed by atoms with Crippen LogP contribution in [-0.2, 0) is 22.9 Å². The number of carbonyl (C=O) groups is 2. The second-order valence-electron chi connectivity index (χ2n) is 8.16. The number of aryl methyl sites for hydroxylation is 1. The number of nitrogens with one attached hydrogen (secondary N) is 1. The van der Waals surface area contributed by atoms with Gasteiger partial charge in [0.05, 0.1) is 21.8 Å². The summed E-state index contributed by atoms with van der Waals surface area (Å²) in [6, 6.07) is 14.5. The smallest absolute Gasteiger partial charge is 0.269 e. The van der Waals surface area contributed by atoms with Crippen molar-refractivity contribution < 1.29 is 18.0 Å². The minimum absolute atomic E-state index is 0.0538. The van der Waals surface area contributed by atoms with Gasteiger partial charge in [0.25, 0.3) is 11.8 Å². The lowest BCUT2D eigenvalue weighted by atomic mass is 9.88. The van der Waals surface area contributed by atoms with Gasteiger partial charge in [-0.15, -0.1) is 0 Å². The van der Waals surface area contributed by atoms with E-state index in [1.54, 1.807) is 41.1 Å². The number of primary sulfonamides is 1. The van der Waals surface area contributed by atoms with Gasteiger partial charge in [-0.3, -0.25) is 9.59 Å². The maximum Gasteiger partial charge on any atom is 0.269 e. The predicted octanol–water partition coefficient (Wildman–Crippen LogP) is 2.68. The average Bonchev–Trinajstić information content (AvgIpc) is 3.24. The van der Waals surface area contributed by atoms with Crippen LogP contribution in [0.3, 0.4) is 0 Å². The van der Waals surface area contributed by atoms with Gasteiger partial charge >= 0.3 is 0 Å². The molecule has 182 valence electrons. The minimum atomic E-state index is -3.88. The third-order valence-electron chi connectivity index (χ3n) is 5.90. The zero-order chi connectivity index (χ0) is 25.6. The van der Waals surface area contributed by atoms with Gasteiger partial charge in [-0.2, -0.15) is 5.10 Å². The summed E-state index contributed by atoms with van der Waals surface area (Å²) in [4.78, 5) is 28.8. The fourth-order valence-electron chi connectivity index (χ4n) is 4.23. The molecule has 4 aromatic rings. The maximum absolute atomic E-state index is 12.8. The maximum atomic E-state index is 12.8. The van der Waals surface area contributed by atoms with E-state index in [2.05, 4.69) is 15.4 Å². The van der Waals surface area contributed by atoms with Crippen LogP contribution in [0.15, 0.2) is 65.7 Å². The number of fused-ring (bicyclic) bond motifs is 3. The van der Waals surface area contributed by atoms with Crippen molar-refractivity contribution >= 4 is 39.1 Å². The largest absolute Gasteiger partial charge is 0.364 e. The Labute approximate surface area is 211 Å². The van der Waals surface area contributed by atoms with E-state index in [1.165, 1.54) is 18.3 Å². The number of sulfonamides is 1. The molecular formula is C24H19ClN6O4S. The number of nitrogens with zero attached hydrogens (tertiary/aromatic N) is 3. The normalized spacial score (nSPS) is 12.5. The van der Waals surface area contributed by atoms with E-state index in [4.69, 9.17) is 22.5 Å². The first kappa shape index (κ1) is 23.7. The van der Waals surface area contributed by atoms with E-state index in [0.29, 0.717) is 35.5 Å². The predicted molar refractivity (Wildman–Crippen MR) is 133 cm³/mol. The highest BCUT2D eigenvalue weighted by molar-refractivity contribution is 7.89. The Hall–Kier alpha value is -4.06. The summed E-state index contributed by atoms with van der Waals surface area (Å²) in [5.41, 5.74) is 10.0. The molecular weight excluding hydrogens is 504 g/mol. The number of hydrogen-bond donors (Lipinski definition) is 3. The van der Waals surface area contributed by atoms with Crippen molar-refractivity contribution in [3.05, 3.63) is 88.3 Å². The molecule has 2 heterocycles. The Morgan fingerprint density at radius 3 is 2.47 bits per heavy atom. The van der Waals surface area contributed by atoms with Crippen LogP contribution in [0.5, 0.6) is 0 Å². The van der Waals surface area contributed by atoms with Gasteiger partial charge in [0.2, 0.25) is 10.0 Å². The second kappa shape index (κ2) is 8.86. The number of nitrogens with two attached hydrogens (primary N) is 2. The molecule has 2 amide bonds. The molecule has 0 fully saturated rings. The summed E-state index contributed by atoms with van der Waals surface area (Å²) >= 11 is 6.06. The fourth-order valence-corrected chi connectivity index (χ4v) is 4.95. The van der Waals surface area contributed by atoms with Gasteiger partial charge in [0, 0.05) is 23.0 Å². The number of amides is 2. The summed E-state index contributed by atoms with van der Waals surface area (Å²) in [5, 5.41) is 12.6. The number of pyridine rings is 1. The van der Waals surface area contributed by atoms with Crippen LogP contribution in [0.1, 0.15) is 32.0 Å². The first-order chi connectivity index (χ1) is 17.1. The lowest BCUT2D eigenvalue weighted by molar-refractivity contribution is 0.0992. The van der Waals surface area contributed by atoms with Crippen molar-refractivity contribution in [2.75, 3.05) is 5.32 Å². The van der Waals surface area contributed by atoms with Gasteiger partial charge in [-0.05, 0) is 66.9 Å². The van der Waals surface area contributed by atoms with Gasteiger partial charge in [0.1, 0.15) is 5.15 Å². The van der Waals surface area contributed by atoms with Crippen LogP contribution in [0.25, 0.3) is 16.9 Å². The molecule has 0 saturated carbocycles. The molecule has 0 bridgehead atoms. The lowest BCUT2D eigenvalue weighted by Crippen LogP contribution is -2.16. The molecule has 5 N–H and O–H groups in total.